The number of rotatable bonds is 10. The Morgan fingerprint density at radius 3 is 2.57 bits per heavy atom. The molecule has 1 aliphatic carbocycles. The number of aromatic nitrogens is 2. The highest BCUT2D eigenvalue weighted by atomic mass is 16.3. The molecule has 8 nitrogen and oxygen atoms in total. The Balaban J connectivity index is 0.00000190. The van der Waals surface area contributed by atoms with Gasteiger partial charge in [0.1, 0.15) is 11.4 Å². The van der Waals surface area contributed by atoms with Gasteiger partial charge in [-0.05, 0) is 25.7 Å². The largest absolute Gasteiger partial charge is 0.400 e. The Labute approximate surface area is 168 Å². The molecule has 0 aliphatic heterocycles. The molecule has 1 unspecified atom stereocenters. The molecule has 1 saturated carbocycles. The lowest BCUT2D eigenvalue weighted by Crippen LogP contribution is -2.35. The van der Waals surface area contributed by atoms with E-state index in [-0.39, 0.29) is 18.6 Å². The van der Waals surface area contributed by atoms with Crippen LogP contribution in [0.4, 0.5) is 11.8 Å². The van der Waals surface area contributed by atoms with Crippen molar-refractivity contribution in [3.63, 3.8) is 0 Å². The molecule has 1 amide bonds. The molecule has 1 atom stereocenters. The van der Waals surface area contributed by atoms with Gasteiger partial charge in [0, 0.05) is 31.9 Å². The summed E-state index contributed by atoms with van der Waals surface area (Å²) < 4.78 is 0. The molecule has 0 spiro atoms. The fourth-order valence-electron chi connectivity index (χ4n) is 3.34. The molecular formula is C20H37N5O3. The number of carbonyl (C=O) groups excluding carboxylic acids is 1. The Kier molecular flexibility index (Phi) is 12.2. The lowest BCUT2D eigenvalue weighted by Gasteiger charge is -2.25. The number of hydrogen-bond acceptors (Lipinski definition) is 7. The van der Waals surface area contributed by atoms with E-state index in [9.17, 15) is 4.79 Å². The molecule has 0 saturated heterocycles. The van der Waals surface area contributed by atoms with Crippen LogP contribution in [0.2, 0.25) is 0 Å². The standard InChI is InChI=1S/C19H33N5O2.CH4O/c1-3-8-14(4-2)23-18(26)16-13-21-19(20-11-12-25)24-17(16)22-15-9-6-5-7-10-15;1-2/h13-15,25H,3-12H2,1-2H3,(H,23,26)(H2,20,21,22,24);2H,1H3. The van der Waals surface area contributed by atoms with Crippen molar-refractivity contribution in [1.29, 1.82) is 0 Å². The van der Waals surface area contributed by atoms with Gasteiger partial charge in [-0.1, -0.05) is 39.5 Å². The normalized spacial score (nSPS) is 15.2. The number of carbonyl (C=O) groups is 1. The first kappa shape index (κ1) is 24.1. The second kappa shape index (κ2) is 14.1. The summed E-state index contributed by atoms with van der Waals surface area (Å²) in [5.41, 5.74) is 0.486. The van der Waals surface area contributed by atoms with Gasteiger partial charge in [0.25, 0.3) is 5.91 Å². The van der Waals surface area contributed by atoms with Gasteiger partial charge >= 0.3 is 0 Å². The summed E-state index contributed by atoms with van der Waals surface area (Å²) in [4.78, 5) is 21.5. The monoisotopic (exact) mass is 395 g/mol. The zero-order valence-corrected chi connectivity index (χ0v) is 17.5. The predicted molar refractivity (Wildman–Crippen MR) is 113 cm³/mol. The quantitative estimate of drug-likeness (QED) is 0.413. The van der Waals surface area contributed by atoms with Crippen molar-refractivity contribution >= 4 is 17.7 Å². The summed E-state index contributed by atoms with van der Waals surface area (Å²) in [5.74, 6) is 0.878. The van der Waals surface area contributed by atoms with Gasteiger partial charge in [0.15, 0.2) is 0 Å². The highest BCUT2D eigenvalue weighted by Gasteiger charge is 2.21. The predicted octanol–water partition coefficient (Wildman–Crippen LogP) is 2.54. The fraction of sp³-hybridized carbons (Fsp3) is 0.750. The van der Waals surface area contributed by atoms with E-state index in [2.05, 4.69) is 39.8 Å². The molecule has 8 heteroatoms. The number of nitrogens with one attached hydrogen (secondary N) is 3. The average Bonchev–Trinajstić information content (AvgIpc) is 2.74. The summed E-state index contributed by atoms with van der Waals surface area (Å²) >= 11 is 0. The Morgan fingerprint density at radius 2 is 1.96 bits per heavy atom. The summed E-state index contributed by atoms with van der Waals surface area (Å²) in [6.07, 6.45) is 10.3. The molecule has 1 aromatic rings. The van der Waals surface area contributed by atoms with E-state index < -0.39 is 0 Å². The topological polar surface area (TPSA) is 119 Å². The molecule has 1 aliphatic rings. The molecule has 0 bridgehead atoms. The molecule has 1 aromatic heterocycles. The summed E-state index contributed by atoms with van der Waals surface area (Å²) in [7, 11) is 1.00. The van der Waals surface area contributed by atoms with Crippen LogP contribution in [0, 0.1) is 0 Å². The van der Waals surface area contributed by atoms with Crippen molar-refractivity contribution in [3.05, 3.63) is 11.8 Å². The molecule has 28 heavy (non-hydrogen) atoms. The van der Waals surface area contributed by atoms with E-state index in [4.69, 9.17) is 10.2 Å². The molecule has 5 N–H and O–H groups in total. The number of nitrogens with zero attached hydrogens (tertiary/aromatic N) is 2. The van der Waals surface area contributed by atoms with E-state index in [1.165, 1.54) is 19.3 Å². The van der Waals surface area contributed by atoms with Crippen LogP contribution in [0.15, 0.2) is 6.20 Å². The van der Waals surface area contributed by atoms with E-state index in [0.29, 0.717) is 29.9 Å². The van der Waals surface area contributed by atoms with Gasteiger partial charge in [-0.15, -0.1) is 0 Å². The van der Waals surface area contributed by atoms with Gasteiger partial charge < -0.3 is 26.2 Å². The molecule has 1 fully saturated rings. The molecule has 1 heterocycles. The highest BCUT2D eigenvalue weighted by molar-refractivity contribution is 5.98. The molecule has 2 rings (SSSR count). The molecule has 0 aromatic carbocycles. The van der Waals surface area contributed by atoms with Crippen molar-refractivity contribution in [2.24, 2.45) is 0 Å². The zero-order chi connectivity index (χ0) is 20.8. The number of anilines is 2. The maximum absolute atomic E-state index is 12.8. The molecule has 0 radical (unpaired) electrons. The summed E-state index contributed by atoms with van der Waals surface area (Å²) in [6, 6.07) is 0.510. The summed E-state index contributed by atoms with van der Waals surface area (Å²) in [6.45, 7) is 4.59. The Morgan fingerprint density at radius 1 is 1.25 bits per heavy atom. The fourth-order valence-corrected chi connectivity index (χ4v) is 3.34. The van der Waals surface area contributed by atoms with E-state index in [0.717, 1.165) is 39.2 Å². The molecule has 160 valence electrons. The highest BCUT2D eigenvalue weighted by Crippen LogP contribution is 2.23. The van der Waals surface area contributed by atoms with Crippen LogP contribution in [-0.2, 0) is 0 Å². The van der Waals surface area contributed by atoms with Crippen LogP contribution >= 0.6 is 0 Å². The number of aliphatic hydroxyl groups excluding tert-OH is 2. The van der Waals surface area contributed by atoms with Crippen molar-refractivity contribution in [2.45, 2.75) is 77.3 Å². The smallest absolute Gasteiger partial charge is 0.256 e. The SMILES string of the molecule is CCCC(CC)NC(=O)c1cnc(NCCO)nc1NC1CCCCC1.CO. The first-order valence-electron chi connectivity index (χ1n) is 10.4. The van der Waals surface area contributed by atoms with Crippen LogP contribution in [0.3, 0.4) is 0 Å². The van der Waals surface area contributed by atoms with Gasteiger partial charge in [0.2, 0.25) is 5.95 Å². The van der Waals surface area contributed by atoms with Gasteiger partial charge in [-0.25, -0.2) is 4.98 Å². The number of aliphatic hydroxyl groups is 2. The van der Waals surface area contributed by atoms with Crippen LogP contribution in [0.25, 0.3) is 0 Å². The van der Waals surface area contributed by atoms with Gasteiger partial charge in [-0.3, -0.25) is 4.79 Å². The van der Waals surface area contributed by atoms with E-state index in [1.807, 2.05) is 0 Å². The second-order valence-electron chi connectivity index (χ2n) is 6.95. The first-order chi connectivity index (χ1) is 13.7. The van der Waals surface area contributed by atoms with Gasteiger partial charge in [0.05, 0.1) is 6.61 Å². The van der Waals surface area contributed by atoms with Crippen molar-refractivity contribution in [2.75, 3.05) is 30.9 Å². The minimum Gasteiger partial charge on any atom is -0.400 e. The number of hydrogen-bond donors (Lipinski definition) is 5. The number of amides is 1. The minimum atomic E-state index is -0.127. The molecular weight excluding hydrogens is 358 g/mol. The third-order valence-corrected chi connectivity index (χ3v) is 4.84. The van der Waals surface area contributed by atoms with Crippen LogP contribution in [0.1, 0.15) is 75.6 Å². The summed E-state index contributed by atoms with van der Waals surface area (Å²) in [5, 5.41) is 25.5. The third kappa shape index (κ3) is 7.98. The average molecular weight is 396 g/mol. The van der Waals surface area contributed by atoms with E-state index in [1.54, 1.807) is 6.20 Å². The van der Waals surface area contributed by atoms with Gasteiger partial charge in [-0.2, -0.15) is 4.98 Å². The van der Waals surface area contributed by atoms with Crippen molar-refractivity contribution in [3.8, 4) is 0 Å². The lowest BCUT2D eigenvalue weighted by molar-refractivity contribution is 0.0934. The Bertz CT molecular complexity index is 565. The maximum atomic E-state index is 12.8. The third-order valence-electron chi connectivity index (χ3n) is 4.84. The van der Waals surface area contributed by atoms with Crippen molar-refractivity contribution in [1.82, 2.24) is 15.3 Å². The van der Waals surface area contributed by atoms with E-state index >= 15 is 0 Å². The maximum Gasteiger partial charge on any atom is 0.256 e. The zero-order valence-electron chi connectivity index (χ0n) is 17.5. The minimum absolute atomic E-state index is 0.00613. The Hall–Kier alpha value is -1.93. The second-order valence-corrected chi connectivity index (χ2v) is 6.95. The lowest BCUT2D eigenvalue weighted by atomic mass is 9.95. The van der Waals surface area contributed by atoms with Crippen LogP contribution in [-0.4, -0.2) is 58.4 Å². The van der Waals surface area contributed by atoms with Crippen LogP contribution in [0.5, 0.6) is 0 Å². The van der Waals surface area contributed by atoms with Crippen LogP contribution < -0.4 is 16.0 Å². The first-order valence-corrected chi connectivity index (χ1v) is 10.4. The van der Waals surface area contributed by atoms with Crippen molar-refractivity contribution < 1.29 is 15.0 Å².